The lowest BCUT2D eigenvalue weighted by atomic mass is 9.86. The van der Waals surface area contributed by atoms with Gasteiger partial charge in [-0.3, -0.25) is 9.59 Å². The van der Waals surface area contributed by atoms with E-state index in [9.17, 15) is 9.59 Å². The average molecular weight is 280 g/mol. The molecule has 0 bridgehead atoms. The molecule has 4 nitrogen and oxygen atoms in total. The van der Waals surface area contributed by atoms with Gasteiger partial charge in [0, 0.05) is 6.54 Å². The highest BCUT2D eigenvalue weighted by atomic mass is 16.2. The van der Waals surface area contributed by atoms with Crippen molar-refractivity contribution in [2.75, 3.05) is 6.54 Å². The van der Waals surface area contributed by atoms with Crippen molar-refractivity contribution in [2.45, 2.75) is 66.0 Å². The fourth-order valence-electron chi connectivity index (χ4n) is 2.43. The fraction of sp³-hybridized carbons (Fsp3) is 0.750. The maximum Gasteiger partial charge on any atom is 0.246 e. The van der Waals surface area contributed by atoms with Gasteiger partial charge in [0.25, 0.3) is 0 Å². The second kappa shape index (κ2) is 6.42. The van der Waals surface area contributed by atoms with Crippen LogP contribution < -0.4 is 5.32 Å². The fourth-order valence-corrected chi connectivity index (χ4v) is 2.43. The molecule has 1 rings (SSSR count). The Labute approximate surface area is 122 Å². The van der Waals surface area contributed by atoms with E-state index in [0.29, 0.717) is 13.0 Å². The summed E-state index contributed by atoms with van der Waals surface area (Å²) in [6, 6.07) is -0.391. The normalized spacial score (nSPS) is 28.1. The zero-order valence-corrected chi connectivity index (χ0v) is 13.6. The maximum absolute atomic E-state index is 12.7. The molecule has 1 fully saturated rings. The van der Waals surface area contributed by atoms with Gasteiger partial charge in [-0.05, 0) is 33.1 Å². The zero-order chi connectivity index (χ0) is 15.5. The van der Waals surface area contributed by atoms with E-state index >= 15 is 0 Å². The van der Waals surface area contributed by atoms with Gasteiger partial charge < -0.3 is 10.2 Å². The monoisotopic (exact) mass is 280 g/mol. The van der Waals surface area contributed by atoms with Gasteiger partial charge in [-0.1, -0.05) is 38.8 Å². The van der Waals surface area contributed by atoms with Crippen molar-refractivity contribution < 1.29 is 9.59 Å². The molecule has 1 aliphatic rings. The summed E-state index contributed by atoms with van der Waals surface area (Å²) < 4.78 is 0. The summed E-state index contributed by atoms with van der Waals surface area (Å²) in [6.07, 6.45) is 3.50. The number of nitrogens with one attached hydrogen (secondary N) is 1. The molecule has 3 atom stereocenters. The quantitative estimate of drug-likeness (QED) is 0.787. The molecular formula is C16H28N2O2. The first-order chi connectivity index (χ1) is 9.27. The van der Waals surface area contributed by atoms with Crippen molar-refractivity contribution in [3.05, 3.63) is 11.6 Å². The third-order valence-corrected chi connectivity index (χ3v) is 4.49. The molecule has 0 saturated carbocycles. The highest BCUT2D eigenvalue weighted by Gasteiger charge is 2.48. The summed E-state index contributed by atoms with van der Waals surface area (Å²) in [6.45, 7) is 12.4. The van der Waals surface area contributed by atoms with Gasteiger partial charge in [0.05, 0.1) is 0 Å². The van der Waals surface area contributed by atoms with E-state index in [2.05, 4.69) is 5.32 Å². The smallest absolute Gasteiger partial charge is 0.246 e. The molecule has 4 heteroatoms. The summed E-state index contributed by atoms with van der Waals surface area (Å²) in [5.41, 5.74) is 0.412. The molecule has 114 valence electrons. The van der Waals surface area contributed by atoms with E-state index in [1.165, 1.54) is 0 Å². The van der Waals surface area contributed by atoms with Crippen LogP contribution >= 0.6 is 0 Å². The molecule has 1 N–H and O–H groups in total. The first kappa shape index (κ1) is 16.7. The Morgan fingerprint density at radius 1 is 1.40 bits per heavy atom. The van der Waals surface area contributed by atoms with Crippen LogP contribution in [0.2, 0.25) is 0 Å². The molecule has 1 saturated heterocycles. The Morgan fingerprint density at radius 3 is 2.45 bits per heavy atom. The predicted octanol–water partition coefficient (Wildman–Crippen LogP) is 2.49. The molecule has 0 aliphatic carbocycles. The van der Waals surface area contributed by atoms with Crippen molar-refractivity contribution in [3.8, 4) is 0 Å². The van der Waals surface area contributed by atoms with Crippen LogP contribution in [0.3, 0.4) is 0 Å². The van der Waals surface area contributed by atoms with Gasteiger partial charge >= 0.3 is 0 Å². The molecule has 3 unspecified atom stereocenters. The summed E-state index contributed by atoms with van der Waals surface area (Å²) in [5, 5.41) is 2.93. The SMILES string of the molecule is CCC(C)C1NC(=O)C(C)(CC)N(CC=C(C)C)C1=O. The van der Waals surface area contributed by atoms with Crippen LogP contribution in [0.25, 0.3) is 0 Å². The van der Waals surface area contributed by atoms with Crippen LogP contribution in [0.15, 0.2) is 11.6 Å². The molecule has 0 aromatic heterocycles. The highest BCUT2D eigenvalue weighted by Crippen LogP contribution is 2.27. The van der Waals surface area contributed by atoms with Crippen LogP contribution in [0.1, 0.15) is 54.4 Å². The Kier molecular flexibility index (Phi) is 5.37. The summed E-state index contributed by atoms with van der Waals surface area (Å²) >= 11 is 0. The molecule has 1 heterocycles. The minimum atomic E-state index is -0.743. The summed E-state index contributed by atoms with van der Waals surface area (Å²) in [5.74, 6) is 0.162. The lowest BCUT2D eigenvalue weighted by molar-refractivity contribution is -0.157. The molecule has 0 aromatic rings. The number of carbonyl (C=O) groups excluding carboxylic acids is 2. The second-order valence-corrected chi connectivity index (χ2v) is 6.19. The highest BCUT2D eigenvalue weighted by molar-refractivity contribution is 5.99. The molecule has 1 aliphatic heterocycles. The van der Waals surface area contributed by atoms with E-state index in [4.69, 9.17) is 0 Å². The number of nitrogens with zero attached hydrogens (tertiary/aromatic N) is 1. The third kappa shape index (κ3) is 3.05. The Hall–Kier alpha value is -1.32. The van der Waals surface area contributed by atoms with Crippen molar-refractivity contribution in [1.82, 2.24) is 10.2 Å². The Balaban J connectivity index is 3.11. The summed E-state index contributed by atoms with van der Waals surface area (Å²) in [4.78, 5) is 26.9. The molecule has 0 aromatic carbocycles. The molecule has 0 spiro atoms. The number of amides is 2. The molecule has 20 heavy (non-hydrogen) atoms. The van der Waals surface area contributed by atoms with Gasteiger partial charge in [0.15, 0.2) is 0 Å². The molecular weight excluding hydrogens is 252 g/mol. The van der Waals surface area contributed by atoms with Crippen LogP contribution in [0, 0.1) is 5.92 Å². The number of hydrogen-bond donors (Lipinski definition) is 1. The van der Waals surface area contributed by atoms with Crippen LogP contribution in [0.5, 0.6) is 0 Å². The van der Waals surface area contributed by atoms with Gasteiger partial charge in [0.2, 0.25) is 11.8 Å². The number of rotatable bonds is 5. The Bertz CT molecular complexity index is 413. The van der Waals surface area contributed by atoms with Crippen LogP contribution in [-0.2, 0) is 9.59 Å². The second-order valence-electron chi connectivity index (χ2n) is 6.19. The van der Waals surface area contributed by atoms with E-state index in [-0.39, 0.29) is 17.7 Å². The molecule has 2 amide bonds. The first-order valence-corrected chi connectivity index (χ1v) is 7.53. The van der Waals surface area contributed by atoms with E-state index < -0.39 is 11.6 Å². The lowest BCUT2D eigenvalue weighted by Gasteiger charge is -2.46. The van der Waals surface area contributed by atoms with E-state index in [1.54, 1.807) is 4.90 Å². The number of allylic oxidation sites excluding steroid dienone is 1. The minimum absolute atomic E-state index is 0.0351. The predicted molar refractivity (Wildman–Crippen MR) is 81.2 cm³/mol. The van der Waals surface area contributed by atoms with Gasteiger partial charge in [-0.25, -0.2) is 0 Å². The first-order valence-electron chi connectivity index (χ1n) is 7.53. The number of piperazine rings is 1. The molecule has 0 radical (unpaired) electrons. The minimum Gasteiger partial charge on any atom is -0.342 e. The van der Waals surface area contributed by atoms with Crippen molar-refractivity contribution in [2.24, 2.45) is 5.92 Å². The summed E-state index contributed by atoms with van der Waals surface area (Å²) in [7, 11) is 0. The van der Waals surface area contributed by atoms with Gasteiger partial charge in [-0.2, -0.15) is 0 Å². The van der Waals surface area contributed by atoms with Crippen molar-refractivity contribution in [1.29, 1.82) is 0 Å². The zero-order valence-electron chi connectivity index (χ0n) is 13.6. The standard InChI is InChI=1S/C16H28N2O2/c1-7-12(5)13-14(19)18(10-9-11(3)4)16(6,8-2)15(20)17-13/h9,12-13H,7-8,10H2,1-6H3,(H,17,20). The third-order valence-electron chi connectivity index (χ3n) is 4.49. The van der Waals surface area contributed by atoms with Crippen molar-refractivity contribution >= 4 is 11.8 Å². The number of carbonyl (C=O) groups is 2. The number of hydrogen-bond acceptors (Lipinski definition) is 2. The van der Waals surface area contributed by atoms with E-state index in [0.717, 1.165) is 12.0 Å². The van der Waals surface area contributed by atoms with Gasteiger partial charge in [-0.15, -0.1) is 0 Å². The van der Waals surface area contributed by atoms with Crippen LogP contribution in [0.4, 0.5) is 0 Å². The van der Waals surface area contributed by atoms with Crippen molar-refractivity contribution in [3.63, 3.8) is 0 Å². The Morgan fingerprint density at radius 2 is 2.00 bits per heavy atom. The lowest BCUT2D eigenvalue weighted by Crippen LogP contribution is -2.70. The average Bonchev–Trinajstić information content (AvgIpc) is 2.41. The topological polar surface area (TPSA) is 49.4 Å². The largest absolute Gasteiger partial charge is 0.342 e. The van der Waals surface area contributed by atoms with Crippen LogP contribution in [-0.4, -0.2) is 34.8 Å². The van der Waals surface area contributed by atoms with E-state index in [1.807, 2.05) is 47.6 Å². The maximum atomic E-state index is 12.7. The van der Waals surface area contributed by atoms with Gasteiger partial charge in [0.1, 0.15) is 11.6 Å².